The van der Waals surface area contributed by atoms with Crippen LogP contribution in [0.4, 0.5) is 0 Å². The maximum absolute atomic E-state index is 13.0. The predicted octanol–water partition coefficient (Wildman–Crippen LogP) is 2.78. The van der Waals surface area contributed by atoms with Crippen molar-refractivity contribution in [3.05, 3.63) is 54.1 Å². The number of para-hydroxylation sites is 1. The Labute approximate surface area is 184 Å². The van der Waals surface area contributed by atoms with E-state index in [0.717, 1.165) is 17.4 Å². The van der Waals surface area contributed by atoms with Crippen molar-refractivity contribution in [2.45, 2.75) is 6.42 Å². The number of aromatic nitrogens is 1. The van der Waals surface area contributed by atoms with Gasteiger partial charge >= 0.3 is 0 Å². The van der Waals surface area contributed by atoms with E-state index in [0.29, 0.717) is 46.5 Å². The Balaban J connectivity index is 1.55. The van der Waals surface area contributed by atoms with E-state index in [1.165, 1.54) is 0 Å². The second-order valence-corrected chi connectivity index (χ2v) is 7.23. The predicted molar refractivity (Wildman–Crippen MR) is 121 cm³/mol. The van der Waals surface area contributed by atoms with Crippen LogP contribution < -0.4 is 25.6 Å². The molecule has 1 aromatic heterocycles. The Hall–Kier alpha value is -3.43. The lowest BCUT2D eigenvalue weighted by atomic mass is 10.0. The normalized spacial score (nSPS) is 11.9. The number of hydrazine groups is 1. The minimum atomic E-state index is -0.318. The van der Waals surface area contributed by atoms with Crippen molar-refractivity contribution in [2.24, 2.45) is 0 Å². The topological polar surface area (TPSA) is 93.7 Å². The van der Waals surface area contributed by atoms with Gasteiger partial charge in [0.25, 0.3) is 5.91 Å². The molecule has 1 amide bonds. The monoisotopic (exact) mass is 438 g/mol. The molecular formula is C22H22N4O4S. The summed E-state index contributed by atoms with van der Waals surface area (Å²) in [6.45, 7) is 1.47. The van der Waals surface area contributed by atoms with E-state index in [2.05, 4.69) is 16.2 Å². The van der Waals surface area contributed by atoms with Crippen LogP contribution >= 0.6 is 12.2 Å². The van der Waals surface area contributed by atoms with Gasteiger partial charge in [0.05, 0.1) is 16.8 Å². The summed E-state index contributed by atoms with van der Waals surface area (Å²) < 4.78 is 15.8. The van der Waals surface area contributed by atoms with E-state index >= 15 is 0 Å². The number of nitrogens with one attached hydrogen (secondary N) is 3. The highest BCUT2D eigenvalue weighted by Crippen LogP contribution is 2.36. The van der Waals surface area contributed by atoms with Crippen LogP contribution in [-0.2, 0) is 4.74 Å². The third-order valence-corrected chi connectivity index (χ3v) is 4.98. The van der Waals surface area contributed by atoms with Crippen molar-refractivity contribution >= 4 is 34.1 Å². The average Bonchev–Trinajstić information content (AvgIpc) is 3.27. The number of fused-ring (bicyclic) bond motifs is 2. The number of carbonyl (C=O) groups excluding carboxylic acids is 1. The minimum Gasteiger partial charge on any atom is -0.454 e. The maximum atomic E-state index is 13.0. The summed E-state index contributed by atoms with van der Waals surface area (Å²) in [4.78, 5) is 17.7. The second kappa shape index (κ2) is 9.59. The van der Waals surface area contributed by atoms with Crippen LogP contribution in [0.25, 0.3) is 22.2 Å². The molecule has 31 heavy (non-hydrogen) atoms. The number of rotatable bonds is 6. The summed E-state index contributed by atoms with van der Waals surface area (Å²) in [6.07, 6.45) is 0.806. The van der Waals surface area contributed by atoms with Crippen LogP contribution in [0.1, 0.15) is 16.8 Å². The second-order valence-electron chi connectivity index (χ2n) is 6.82. The highest BCUT2D eigenvalue weighted by atomic mass is 32.1. The largest absolute Gasteiger partial charge is 0.454 e. The molecule has 0 spiro atoms. The lowest BCUT2D eigenvalue weighted by Crippen LogP contribution is -2.47. The number of amides is 1. The van der Waals surface area contributed by atoms with Gasteiger partial charge in [-0.2, -0.15) is 0 Å². The molecule has 1 aliphatic heterocycles. The molecule has 0 aliphatic carbocycles. The smallest absolute Gasteiger partial charge is 0.270 e. The van der Waals surface area contributed by atoms with Crippen LogP contribution in [0.5, 0.6) is 11.5 Å². The van der Waals surface area contributed by atoms with Crippen molar-refractivity contribution in [2.75, 3.05) is 27.1 Å². The number of methoxy groups -OCH3 is 1. The summed E-state index contributed by atoms with van der Waals surface area (Å²) in [5.74, 6) is 1.03. The van der Waals surface area contributed by atoms with Crippen molar-refractivity contribution in [1.29, 1.82) is 0 Å². The first-order valence-corrected chi connectivity index (χ1v) is 10.2. The third kappa shape index (κ3) is 4.84. The van der Waals surface area contributed by atoms with Crippen molar-refractivity contribution in [3.63, 3.8) is 0 Å². The summed E-state index contributed by atoms with van der Waals surface area (Å²) in [5.41, 5.74) is 8.07. The van der Waals surface area contributed by atoms with E-state index in [1.807, 2.05) is 42.5 Å². The van der Waals surface area contributed by atoms with Crippen LogP contribution in [0, 0.1) is 0 Å². The fourth-order valence-electron chi connectivity index (χ4n) is 3.21. The van der Waals surface area contributed by atoms with Gasteiger partial charge < -0.3 is 19.5 Å². The standard InChI is InChI=1S/C22H22N4O4S/c1-28-10-4-9-23-22(31)26-25-21(27)16-12-18(24-17-6-3-2-5-15(16)17)14-7-8-19-20(11-14)30-13-29-19/h2-3,5-8,11-12H,4,9-10,13H2,1H3,(H,25,27)(H2,23,26,31). The lowest BCUT2D eigenvalue weighted by Gasteiger charge is -2.13. The Morgan fingerprint density at radius 3 is 2.84 bits per heavy atom. The first-order chi connectivity index (χ1) is 15.2. The van der Waals surface area contributed by atoms with Crippen LogP contribution in [0.2, 0.25) is 0 Å². The zero-order valence-corrected chi connectivity index (χ0v) is 17.8. The van der Waals surface area contributed by atoms with Gasteiger partial charge in [-0.15, -0.1) is 0 Å². The molecule has 0 unspecified atom stereocenters. The van der Waals surface area contributed by atoms with Gasteiger partial charge in [0.15, 0.2) is 16.6 Å². The van der Waals surface area contributed by atoms with E-state index < -0.39 is 0 Å². The molecule has 2 heterocycles. The molecule has 0 saturated heterocycles. The summed E-state index contributed by atoms with van der Waals surface area (Å²) in [6, 6.07) is 14.8. The molecule has 8 nitrogen and oxygen atoms in total. The summed E-state index contributed by atoms with van der Waals surface area (Å²) >= 11 is 5.20. The van der Waals surface area contributed by atoms with Crippen LogP contribution in [0.3, 0.4) is 0 Å². The first kappa shape index (κ1) is 20.8. The number of carbonyl (C=O) groups is 1. The highest BCUT2D eigenvalue weighted by Gasteiger charge is 2.17. The van der Waals surface area contributed by atoms with Gasteiger partial charge in [-0.1, -0.05) is 18.2 Å². The first-order valence-electron chi connectivity index (χ1n) is 9.78. The molecule has 9 heteroatoms. The van der Waals surface area contributed by atoms with Gasteiger partial charge in [0, 0.05) is 31.2 Å². The molecule has 2 aromatic carbocycles. The van der Waals surface area contributed by atoms with E-state index in [-0.39, 0.29) is 12.7 Å². The number of pyridine rings is 1. The molecule has 3 aromatic rings. The lowest BCUT2D eigenvalue weighted by molar-refractivity contribution is 0.0945. The number of thiocarbonyl (C=S) groups is 1. The number of benzene rings is 2. The molecule has 0 fully saturated rings. The summed E-state index contributed by atoms with van der Waals surface area (Å²) in [5, 5.41) is 4.08. The molecule has 4 rings (SSSR count). The maximum Gasteiger partial charge on any atom is 0.270 e. The third-order valence-electron chi connectivity index (χ3n) is 4.73. The highest BCUT2D eigenvalue weighted by molar-refractivity contribution is 7.80. The number of hydrogen-bond donors (Lipinski definition) is 3. The molecular weight excluding hydrogens is 416 g/mol. The fraction of sp³-hybridized carbons (Fsp3) is 0.227. The van der Waals surface area contributed by atoms with E-state index in [1.54, 1.807) is 13.2 Å². The average molecular weight is 439 g/mol. The molecule has 0 bridgehead atoms. The minimum absolute atomic E-state index is 0.197. The van der Waals surface area contributed by atoms with E-state index in [9.17, 15) is 4.79 Å². The van der Waals surface area contributed by atoms with Gasteiger partial charge in [-0.05, 0) is 49.0 Å². The Kier molecular flexibility index (Phi) is 6.44. The van der Waals surface area contributed by atoms with Gasteiger partial charge in [0.1, 0.15) is 0 Å². The SMILES string of the molecule is COCCCNC(=S)NNC(=O)c1cc(-c2ccc3c(c2)OCO3)nc2ccccc12. The zero-order chi connectivity index (χ0) is 21.6. The summed E-state index contributed by atoms with van der Waals surface area (Å²) in [7, 11) is 1.65. The van der Waals surface area contributed by atoms with E-state index in [4.69, 9.17) is 31.4 Å². The number of ether oxygens (including phenoxy) is 3. The molecule has 0 atom stereocenters. The Morgan fingerprint density at radius 2 is 1.97 bits per heavy atom. The molecule has 0 radical (unpaired) electrons. The van der Waals surface area contributed by atoms with Gasteiger partial charge in [-0.3, -0.25) is 15.6 Å². The molecule has 160 valence electrons. The van der Waals surface area contributed by atoms with Crippen molar-refractivity contribution in [3.8, 4) is 22.8 Å². The quantitative estimate of drug-likeness (QED) is 0.307. The Morgan fingerprint density at radius 1 is 1.13 bits per heavy atom. The fourth-order valence-corrected chi connectivity index (χ4v) is 3.36. The van der Waals surface area contributed by atoms with Crippen molar-refractivity contribution in [1.82, 2.24) is 21.2 Å². The van der Waals surface area contributed by atoms with Crippen molar-refractivity contribution < 1.29 is 19.0 Å². The zero-order valence-electron chi connectivity index (χ0n) is 16.9. The number of nitrogens with zero attached hydrogens (tertiary/aromatic N) is 1. The number of hydrogen-bond acceptors (Lipinski definition) is 6. The van der Waals surface area contributed by atoms with Gasteiger partial charge in [-0.25, -0.2) is 4.98 Å². The Bertz CT molecular complexity index is 1120. The molecule has 0 saturated carbocycles. The van der Waals surface area contributed by atoms with Gasteiger partial charge in [0.2, 0.25) is 6.79 Å². The van der Waals surface area contributed by atoms with Crippen LogP contribution in [0.15, 0.2) is 48.5 Å². The molecule has 3 N–H and O–H groups in total. The molecule has 1 aliphatic rings. The van der Waals surface area contributed by atoms with Crippen LogP contribution in [-0.4, -0.2) is 43.1 Å².